The predicted octanol–water partition coefficient (Wildman–Crippen LogP) is 4.57. The van der Waals surface area contributed by atoms with Gasteiger partial charge in [-0.3, -0.25) is 0 Å². The Kier molecular flexibility index (Phi) is 8.57. The minimum Gasteiger partial charge on any atom is -0.493 e. The van der Waals surface area contributed by atoms with Crippen molar-refractivity contribution in [1.82, 2.24) is 14.9 Å². The highest BCUT2D eigenvalue weighted by molar-refractivity contribution is 5.43. The van der Waals surface area contributed by atoms with Gasteiger partial charge < -0.3 is 19.5 Å². The number of ether oxygens (including phenoxy) is 2. The average molecular weight is 454 g/mol. The fraction of sp³-hybridized carbons (Fsp3) is 0.630. The highest BCUT2D eigenvalue weighted by Gasteiger charge is 2.28. The normalized spacial score (nSPS) is 18.4. The summed E-state index contributed by atoms with van der Waals surface area (Å²) in [5.41, 5.74) is 1.60. The van der Waals surface area contributed by atoms with Crippen molar-refractivity contribution in [3.8, 4) is 11.5 Å². The number of rotatable bonds is 11. The quantitative estimate of drug-likeness (QED) is 0.503. The lowest BCUT2D eigenvalue weighted by Crippen LogP contribution is -2.31. The van der Waals surface area contributed by atoms with E-state index in [2.05, 4.69) is 22.0 Å². The molecule has 2 heterocycles. The second-order valence-electron chi connectivity index (χ2n) is 9.66. The average Bonchev–Trinajstić information content (AvgIpc) is 3.35. The monoisotopic (exact) mass is 453 g/mol. The molecule has 1 saturated heterocycles. The zero-order valence-corrected chi connectivity index (χ0v) is 20.1. The van der Waals surface area contributed by atoms with Crippen LogP contribution < -0.4 is 9.47 Å². The molecule has 6 nitrogen and oxygen atoms in total. The maximum atomic E-state index is 10.8. The summed E-state index contributed by atoms with van der Waals surface area (Å²) in [6, 6.07) is 8.04. The van der Waals surface area contributed by atoms with E-state index in [0.717, 1.165) is 80.1 Å². The van der Waals surface area contributed by atoms with E-state index in [9.17, 15) is 5.11 Å². The first-order valence-electron chi connectivity index (χ1n) is 12.7. The van der Waals surface area contributed by atoms with Crippen molar-refractivity contribution >= 4 is 0 Å². The third kappa shape index (κ3) is 7.15. The Balaban J connectivity index is 1.32. The van der Waals surface area contributed by atoms with E-state index in [0.29, 0.717) is 13.0 Å². The van der Waals surface area contributed by atoms with Crippen LogP contribution in [0.1, 0.15) is 74.9 Å². The van der Waals surface area contributed by atoms with Crippen LogP contribution in [0.3, 0.4) is 0 Å². The number of hydrogen-bond acceptors (Lipinski definition) is 6. The SMILES string of the molecule is COc1ccc(Cc2nccc(CCC3(O)CCCCC3)n2)cc1OCCCN1CCCC1. The van der Waals surface area contributed by atoms with Gasteiger partial charge in [-0.05, 0) is 81.8 Å². The van der Waals surface area contributed by atoms with Gasteiger partial charge in [0.15, 0.2) is 11.5 Å². The largest absolute Gasteiger partial charge is 0.493 e. The van der Waals surface area contributed by atoms with Crippen LogP contribution in [0.2, 0.25) is 0 Å². The first-order valence-corrected chi connectivity index (χ1v) is 12.7. The third-order valence-corrected chi connectivity index (χ3v) is 7.06. The maximum Gasteiger partial charge on any atom is 0.161 e. The van der Waals surface area contributed by atoms with Crippen LogP contribution in [-0.4, -0.2) is 58.9 Å². The smallest absolute Gasteiger partial charge is 0.161 e. The molecule has 1 aliphatic heterocycles. The molecule has 0 spiro atoms. The zero-order valence-electron chi connectivity index (χ0n) is 20.1. The number of methoxy groups -OCH3 is 1. The molecular formula is C27H39N3O3. The van der Waals surface area contributed by atoms with E-state index in [4.69, 9.17) is 14.5 Å². The van der Waals surface area contributed by atoms with Crippen molar-refractivity contribution in [1.29, 1.82) is 0 Å². The van der Waals surface area contributed by atoms with Crippen molar-refractivity contribution in [3.63, 3.8) is 0 Å². The lowest BCUT2D eigenvalue weighted by Gasteiger charge is -2.32. The summed E-state index contributed by atoms with van der Waals surface area (Å²) >= 11 is 0. The zero-order chi connectivity index (χ0) is 22.9. The molecule has 2 aliphatic rings. The molecule has 0 bridgehead atoms. The van der Waals surface area contributed by atoms with Crippen molar-refractivity contribution in [2.24, 2.45) is 0 Å². The van der Waals surface area contributed by atoms with Gasteiger partial charge in [-0.25, -0.2) is 9.97 Å². The molecule has 0 atom stereocenters. The summed E-state index contributed by atoms with van der Waals surface area (Å²) in [7, 11) is 1.68. The lowest BCUT2D eigenvalue weighted by atomic mass is 9.81. The van der Waals surface area contributed by atoms with Crippen LogP contribution in [0.4, 0.5) is 0 Å². The molecule has 1 aliphatic carbocycles. The summed E-state index contributed by atoms with van der Waals surface area (Å²) in [6.07, 6.45) is 13.0. The van der Waals surface area contributed by atoms with Gasteiger partial charge in [-0.1, -0.05) is 25.3 Å². The first-order chi connectivity index (χ1) is 16.1. The van der Waals surface area contributed by atoms with Crippen molar-refractivity contribution < 1.29 is 14.6 Å². The van der Waals surface area contributed by atoms with E-state index < -0.39 is 5.60 Å². The van der Waals surface area contributed by atoms with E-state index in [1.54, 1.807) is 7.11 Å². The van der Waals surface area contributed by atoms with Gasteiger partial charge in [0.2, 0.25) is 0 Å². The van der Waals surface area contributed by atoms with Gasteiger partial charge in [-0.15, -0.1) is 0 Å². The van der Waals surface area contributed by atoms with E-state index in [1.807, 2.05) is 18.3 Å². The Bertz CT molecular complexity index is 877. The minimum atomic E-state index is -0.514. The molecule has 2 fully saturated rings. The maximum absolute atomic E-state index is 10.8. The molecule has 0 amide bonds. The van der Waals surface area contributed by atoms with Crippen LogP contribution in [0.5, 0.6) is 11.5 Å². The van der Waals surface area contributed by atoms with Crippen molar-refractivity contribution in [2.75, 3.05) is 33.4 Å². The van der Waals surface area contributed by atoms with Crippen LogP contribution >= 0.6 is 0 Å². The number of aryl methyl sites for hydroxylation is 1. The Morgan fingerprint density at radius 3 is 2.64 bits per heavy atom. The van der Waals surface area contributed by atoms with Crippen LogP contribution in [0.15, 0.2) is 30.5 Å². The topological polar surface area (TPSA) is 67.7 Å². The molecule has 33 heavy (non-hydrogen) atoms. The molecule has 2 aromatic rings. The molecular weight excluding hydrogens is 414 g/mol. The second kappa shape index (κ2) is 11.8. The summed E-state index contributed by atoms with van der Waals surface area (Å²) in [4.78, 5) is 11.8. The van der Waals surface area contributed by atoms with Gasteiger partial charge in [0.05, 0.1) is 19.3 Å². The molecule has 180 valence electrons. The fourth-order valence-electron chi connectivity index (χ4n) is 5.09. The van der Waals surface area contributed by atoms with E-state index in [1.165, 1.54) is 32.4 Å². The Hall–Kier alpha value is -2.18. The number of hydrogen-bond donors (Lipinski definition) is 1. The minimum absolute atomic E-state index is 0.514. The number of aliphatic hydroxyl groups is 1. The van der Waals surface area contributed by atoms with Gasteiger partial charge in [-0.2, -0.15) is 0 Å². The van der Waals surface area contributed by atoms with Crippen molar-refractivity contribution in [3.05, 3.63) is 47.5 Å². The third-order valence-electron chi connectivity index (χ3n) is 7.06. The van der Waals surface area contributed by atoms with Gasteiger partial charge in [0, 0.05) is 24.9 Å². The lowest BCUT2D eigenvalue weighted by molar-refractivity contribution is -0.00363. The number of aromatic nitrogens is 2. The number of likely N-dealkylation sites (tertiary alicyclic amines) is 1. The molecule has 4 rings (SSSR count). The summed E-state index contributed by atoms with van der Waals surface area (Å²) < 4.78 is 11.6. The summed E-state index contributed by atoms with van der Waals surface area (Å²) in [5, 5.41) is 10.8. The highest BCUT2D eigenvalue weighted by atomic mass is 16.5. The molecule has 1 aromatic carbocycles. The molecule has 0 radical (unpaired) electrons. The summed E-state index contributed by atoms with van der Waals surface area (Å²) in [6.45, 7) is 4.22. The van der Waals surface area contributed by atoms with Crippen molar-refractivity contribution in [2.45, 2.75) is 76.2 Å². The first kappa shape index (κ1) is 24.0. The molecule has 0 unspecified atom stereocenters. The Morgan fingerprint density at radius 1 is 1.03 bits per heavy atom. The molecule has 1 saturated carbocycles. The van der Waals surface area contributed by atoms with Crippen LogP contribution in [-0.2, 0) is 12.8 Å². The van der Waals surface area contributed by atoms with Crippen LogP contribution in [0, 0.1) is 0 Å². The number of benzene rings is 1. The predicted molar refractivity (Wildman–Crippen MR) is 130 cm³/mol. The van der Waals surface area contributed by atoms with Gasteiger partial charge in [0.25, 0.3) is 0 Å². The fourth-order valence-corrected chi connectivity index (χ4v) is 5.09. The molecule has 1 N–H and O–H groups in total. The van der Waals surface area contributed by atoms with Gasteiger partial charge in [0.1, 0.15) is 5.82 Å². The summed E-state index contributed by atoms with van der Waals surface area (Å²) in [5.74, 6) is 2.34. The Morgan fingerprint density at radius 2 is 1.85 bits per heavy atom. The van der Waals surface area contributed by atoms with Gasteiger partial charge >= 0.3 is 0 Å². The van der Waals surface area contributed by atoms with E-state index in [-0.39, 0.29) is 0 Å². The molecule has 6 heteroatoms. The number of nitrogens with zero attached hydrogens (tertiary/aromatic N) is 3. The van der Waals surface area contributed by atoms with Crippen LogP contribution in [0.25, 0.3) is 0 Å². The molecule has 1 aromatic heterocycles. The van der Waals surface area contributed by atoms with E-state index >= 15 is 0 Å². The Labute approximate surface area is 198 Å². The standard InChI is InChI=1S/C27H39N3O3/c1-32-24-9-8-22(20-25(24)33-19-7-18-30-16-5-6-17-30)21-26-28-15-11-23(29-26)10-14-27(31)12-3-2-4-13-27/h8-9,11,15,20,31H,2-7,10,12-14,16-19,21H2,1H3. The second-order valence-corrected chi connectivity index (χ2v) is 9.66. The highest BCUT2D eigenvalue weighted by Crippen LogP contribution is 2.32.